The number of carboxylic acids is 1. The molecule has 0 aromatic heterocycles. The van der Waals surface area contributed by atoms with Gasteiger partial charge in [-0.2, -0.15) is 0 Å². The Morgan fingerprint density at radius 3 is 2.62 bits per heavy atom. The molecule has 1 aromatic carbocycles. The minimum atomic E-state index is -1.63. The molecule has 1 unspecified atom stereocenters. The predicted molar refractivity (Wildman–Crippen MR) is 74.8 cm³/mol. The van der Waals surface area contributed by atoms with E-state index in [-0.39, 0.29) is 6.61 Å². The van der Waals surface area contributed by atoms with E-state index in [9.17, 15) is 14.7 Å². The van der Waals surface area contributed by atoms with Crippen molar-refractivity contribution in [3.05, 3.63) is 35.4 Å². The van der Waals surface area contributed by atoms with E-state index in [1.807, 2.05) is 0 Å². The summed E-state index contributed by atoms with van der Waals surface area (Å²) in [6, 6.07) is 7.00. The van der Waals surface area contributed by atoms with Crippen LogP contribution < -0.4 is 5.32 Å². The molecule has 1 atom stereocenters. The highest BCUT2D eigenvalue weighted by molar-refractivity contribution is 5.87. The van der Waals surface area contributed by atoms with Gasteiger partial charge < -0.3 is 14.6 Å². The lowest BCUT2D eigenvalue weighted by Gasteiger charge is -2.36. The normalized spacial score (nSPS) is 21.3. The van der Waals surface area contributed by atoms with Crippen molar-refractivity contribution >= 4 is 12.1 Å². The second-order valence-electron chi connectivity index (χ2n) is 5.99. The molecule has 0 radical (unpaired) electrons. The first-order chi connectivity index (χ1) is 9.74. The Morgan fingerprint density at radius 2 is 2.00 bits per heavy atom. The van der Waals surface area contributed by atoms with E-state index in [0.717, 1.165) is 5.56 Å². The lowest BCUT2D eigenvalue weighted by Crippen LogP contribution is -2.57. The Labute approximate surface area is 123 Å². The number of carbonyl (C=O) groups excluding carboxylic acids is 1. The van der Waals surface area contributed by atoms with Crippen molar-refractivity contribution in [2.45, 2.75) is 38.5 Å². The van der Waals surface area contributed by atoms with E-state index < -0.39 is 23.2 Å². The number of hydrogen-bond donors (Lipinski definition) is 2. The molecule has 0 saturated carbocycles. The fourth-order valence-corrected chi connectivity index (χ4v) is 2.27. The second-order valence-corrected chi connectivity index (χ2v) is 5.99. The maximum atomic E-state index is 12.0. The first-order valence-corrected chi connectivity index (χ1v) is 6.65. The summed E-state index contributed by atoms with van der Waals surface area (Å²) in [5.74, 6) is -1.18. The van der Waals surface area contributed by atoms with Crippen LogP contribution in [0.5, 0.6) is 0 Å². The van der Waals surface area contributed by atoms with Crippen LogP contribution in [0.15, 0.2) is 24.3 Å². The van der Waals surface area contributed by atoms with Crippen LogP contribution in [0.1, 0.15) is 31.9 Å². The lowest BCUT2D eigenvalue weighted by atomic mass is 9.85. The summed E-state index contributed by atoms with van der Waals surface area (Å²) in [5, 5.41) is 12.1. The number of carbonyl (C=O) groups is 2. The molecule has 0 fully saturated rings. The first-order valence-electron chi connectivity index (χ1n) is 6.65. The van der Waals surface area contributed by atoms with Crippen molar-refractivity contribution in [1.29, 1.82) is 0 Å². The SMILES string of the molecule is CC(C)(C)OC(=O)NC1(C(=O)O)COCc2ccccc21. The van der Waals surface area contributed by atoms with E-state index >= 15 is 0 Å². The molecular weight excluding hydrogens is 274 g/mol. The summed E-state index contributed by atoms with van der Waals surface area (Å²) in [5.41, 5.74) is -1.08. The molecule has 1 aliphatic rings. The minimum Gasteiger partial charge on any atom is -0.479 e. The van der Waals surface area contributed by atoms with E-state index in [0.29, 0.717) is 12.2 Å². The molecule has 1 aliphatic heterocycles. The van der Waals surface area contributed by atoms with Crippen LogP contribution in [0.25, 0.3) is 0 Å². The van der Waals surface area contributed by atoms with Gasteiger partial charge in [0.1, 0.15) is 5.60 Å². The molecule has 1 amide bonds. The summed E-state index contributed by atoms with van der Waals surface area (Å²) in [6.07, 6.45) is -0.787. The zero-order chi connectivity index (χ0) is 15.7. The largest absolute Gasteiger partial charge is 0.479 e. The lowest BCUT2D eigenvalue weighted by molar-refractivity contribution is -0.150. The van der Waals surface area contributed by atoms with Crippen LogP contribution in [0, 0.1) is 0 Å². The molecule has 2 rings (SSSR count). The van der Waals surface area contributed by atoms with Crippen molar-refractivity contribution in [3.63, 3.8) is 0 Å². The van der Waals surface area contributed by atoms with E-state index in [2.05, 4.69) is 5.32 Å². The van der Waals surface area contributed by atoms with Gasteiger partial charge in [-0.1, -0.05) is 24.3 Å². The van der Waals surface area contributed by atoms with Gasteiger partial charge in [0, 0.05) is 0 Å². The van der Waals surface area contributed by atoms with Crippen LogP contribution in [0.4, 0.5) is 4.79 Å². The van der Waals surface area contributed by atoms with Crippen molar-refractivity contribution < 1.29 is 24.2 Å². The Morgan fingerprint density at radius 1 is 1.33 bits per heavy atom. The summed E-state index contributed by atoms with van der Waals surface area (Å²) in [4.78, 5) is 23.8. The number of nitrogens with one attached hydrogen (secondary N) is 1. The monoisotopic (exact) mass is 293 g/mol. The number of alkyl carbamates (subject to hydrolysis) is 1. The maximum Gasteiger partial charge on any atom is 0.408 e. The average molecular weight is 293 g/mol. The molecule has 1 heterocycles. The zero-order valence-electron chi connectivity index (χ0n) is 12.3. The number of amides is 1. The number of aliphatic carboxylic acids is 1. The summed E-state index contributed by atoms with van der Waals surface area (Å²) >= 11 is 0. The molecule has 2 N–H and O–H groups in total. The molecule has 114 valence electrons. The summed E-state index contributed by atoms with van der Waals surface area (Å²) in [7, 11) is 0. The number of hydrogen-bond acceptors (Lipinski definition) is 4. The van der Waals surface area contributed by atoms with Crippen LogP contribution in [0.3, 0.4) is 0 Å². The van der Waals surface area contributed by atoms with Gasteiger partial charge in [0.25, 0.3) is 0 Å². The molecule has 0 saturated heterocycles. The van der Waals surface area contributed by atoms with Gasteiger partial charge in [-0.25, -0.2) is 9.59 Å². The van der Waals surface area contributed by atoms with Crippen molar-refractivity contribution in [1.82, 2.24) is 5.32 Å². The summed E-state index contributed by atoms with van der Waals surface area (Å²) < 4.78 is 10.5. The Balaban J connectivity index is 2.36. The maximum absolute atomic E-state index is 12.0. The third kappa shape index (κ3) is 3.16. The van der Waals surface area contributed by atoms with Crippen molar-refractivity contribution in [2.24, 2.45) is 0 Å². The Bertz CT molecular complexity index is 563. The molecule has 6 heteroatoms. The molecule has 21 heavy (non-hydrogen) atoms. The van der Waals surface area contributed by atoms with Crippen LogP contribution in [0.2, 0.25) is 0 Å². The fourth-order valence-electron chi connectivity index (χ4n) is 2.27. The molecule has 0 bridgehead atoms. The highest BCUT2D eigenvalue weighted by Crippen LogP contribution is 2.31. The number of ether oxygens (including phenoxy) is 2. The Kier molecular flexibility index (Phi) is 3.91. The zero-order valence-corrected chi connectivity index (χ0v) is 12.3. The van der Waals surface area contributed by atoms with Gasteiger partial charge in [0.2, 0.25) is 0 Å². The van der Waals surface area contributed by atoms with Gasteiger partial charge in [-0.3, -0.25) is 5.32 Å². The topological polar surface area (TPSA) is 84.9 Å². The van der Waals surface area contributed by atoms with E-state index in [1.54, 1.807) is 45.0 Å². The first kappa shape index (κ1) is 15.3. The number of fused-ring (bicyclic) bond motifs is 1. The smallest absolute Gasteiger partial charge is 0.408 e. The van der Waals surface area contributed by atoms with Crippen LogP contribution in [-0.4, -0.2) is 29.4 Å². The van der Waals surface area contributed by atoms with Crippen molar-refractivity contribution in [2.75, 3.05) is 6.61 Å². The van der Waals surface area contributed by atoms with E-state index in [4.69, 9.17) is 9.47 Å². The third-order valence-electron chi connectivity index (χ3n) is 3.13. The molecule has 6 nitrogen and oxygen atoms in total. The standard InChI is InChI=1S/C15H19NO5/c1-14(2,3)21-13(19)16-15(12(17)18)9-20-8-10-6-4-5-7-11(10)15/h4-7H,8-9H2,1-3H3,(H,16,19)(H,17,18). The molecule has 0 spiro atoms. The average Bonchev–Trinajstić information content (AvgIpc) is 2.36. The highest BCUT2D eigenvalue weighted by Gasteiger charge is 2.46. The van der Waals surface area contributed by atoms with Crippen LogP contribution >= 0.6 is 0 Å². The summed E-state index contributed by atoms with van der Waals surface area (Å²) in [6.45, 7) is 5.32. The van der Waals surface area contributed by atoms with Crippen LogP contribution in [-0.2, 0) is 26.4 Å². The van der Waals surface area contributed by atoms with Gasteiger partial charge in [0.05, 0.1) is 13.2 Å². The van der Waals surface area contributed by atoms with Gasteiger partial charge in [-0.15, -0.1) is 0 Å². The highest BCUT2D eigenvalue weighted by atomic mass is 16.6. The van der Waals surface area contributed by atoms with E-state index in [1.165, 1.54) is 0 Å². The number of benzene rings is 1. The predicted octanol–water partition coefficient (Wildman–Crippen LogP) is 2.02. The van der Waals surface area contributed by atoms with Gasteiger partial charge in [0.15, 0.2) is 5.54 Å². The minimum absolute atomic E-state index is 0.140. The van der Waals surface area contributed by atoms with Gasteiger partial charge >= 0.3 is 12.1 Å². The number of carboxylic acid groups (broad SMARTS) is 1. The second kappa shape index (κ2) is 5.37. The Hall–Kier alpha value is -2.08. The molecular formula is C15H19NO5. The third-order valence-corrected chi connectivity index (χ3v) is 3.13. The molecule has 0 aliphatic carbocycles. The quantitative estimate of drug-likeness (QED) is 0.871. The number of rotatable bonds is 2. The fraction of sp³-hybridized carbons (Fsp3) is 0.467. The van der Waals surface area contributed by atoms with Crippen molar-refractivity contribution in [3.8, 4) is 0 Å². The molecule has 1 aromatic rings. The van der Waals surface area contributed by atoms with Gasteiger partial charge in [-0.05, 0) is 31.9 Å².